The Kier molecular flexibility index (Phi) is 3.33. The van der Waals surface area contributed by atoms with Gasteiger partial charge in [-0.15, -0.1) is 16.4 Å². The number of rotatable bonds is 4. The first-order valence-electron chi connectivity index (χ1n) is 4.97. The lowest BCUT2D eigenvalue weighted by atomic mass is 10.3. The van der Waals surface area contributed by atoms with Crippen LogP contribution in [0.25, 0.3) is 0 Å². The summed E-state index contributed by atoms with van der Waals surface area (Å²) in [6.45, 7) is 2.02. The van der Waals surface area contributed by atoms with Crippen molar-refractivity contribution in [2.24, 2.45) is 0 Å². The highest BCUT2D eigenvalue weighted by Crippen LogP contribution is 2.13. The number of nitrogens with one attached hydrogen (secondary N) is 1. The molecule has 17 heavy (non-hydrogen) atoms. The van der Waals surface area contributed by atoms with Crippen molar-refractivity contribution < 1.29 is 9.53 Å². The molecule has 8 heteroatoms. The van der Waals surface area contributed by atoms with Crippen LogP contribution in [0.4, 0.5) is 5.13 Å². The number of nitrogen functional groups attached to an aromatic ring is 1. The van der Waals surface area contributed by atoms with Gasteiger partial charge in [-0.05, 0) is 6.92 Å². The van der Waals surface area contributed by atoms with E-state index >= 15 is 0 Å². The number of aromatic nitrogens is 4. The fourth-order valence-electron chi connectivity index (χ4n) is 1.24. The predicted octanol–water partition coefficient (Wildman–Crippen LogP) is 0.611. The van der Waals surface area contributed by atoms with Crippen molar-refractivity contribution in [2.75, 3.05) is 12.3 Å². The van der Waals surface area contributed by atoms with Crippen LogP contribution in [0.1, 0.15) is 29.1 Å². The Bertz CT molecular complexity index is 521. The van der Waals surface area contributed by atoms with Crippen LogP contribution in [0.3, 0.4) is 0 Å². The second kappa shape index (κ2) is 4.91. The molecule has 0 spiro atoms. The largest absolute Gasteiger partial charge is 0.460 e. The average molecular weight is 253 g/mol. The zero-order chi connectivity index (χ0) is 12.3. The molecule has 0 amide bonds. The molecule has 2 aromatic heterocycles. The van der Waals surface area contributed by atoms with Gasteiger partial charge < -0.3 is 10.5 Å². The third-order valence-corrected chi connectivity index (χ3v) is 2.63. The second-order valence-corrected chi connectivity index (χ2v) is 4.07. The number of hydrogen-bond donors (Lipinski definition) is 2. The van der Waals surface area contributed by atoms with Crippen LogP contribution in [0.5, 0.6) is 0 Å². The molecule has 0 aliphatic heterocycles. The Hall–Kier alpha value is -1.96. The van der Waals surface area contributed by atoms with E-state index in [0.717, 1.165) is 5.69 Å². The lowest BCUT2D eigenvalue weighted by molar-refractivity contribution is 0.0512. The maximum absolute atomic E-state index is 11.3. The van der Waals surface area contributed by atoms with Crippen molar-refractivity contribution in [3.63, 3.8) is 0 Å². The third kappa shape index (κ3) is 2.78. The molecule has 0 aliphatic carbocycles. The predicted molar refractivity (Wildman–Crippen MR) is 61.7 cm³/mol. The minimum atomic E-state index is -0.534. The number of ether oxygens (including phenoxy) is 1. The molecule has 0 saturated heterocycles. The summed E-state index contributed by atoms with van der Waals surface area (Å²) in [5.74, 6) is 0.0520. The first-order valence-corrected chi connectivity index (χ1v) is 5.85. The van der Waals surface area contributed by atoms with Crippen molar-refractivity contribution in [1.82, 2.24) is 20.2 Å². The van der Waals surface area contributed by atoms with Crippen molar-refractivity contribution in [3.05, 3.63) is 22.7 Å². The van der Waals surface area contributed by atoms with Gasteiger partial charge in [-0.25, -0.2) is 14.8 Å². The summed E-state index contributed by atoms with van der Waals surface area (Å²) < 4.78 is 4.78. The van der Waals surface area contributed by atoms with Gasteiger partial charge in [0.25, 0.3) is 5.82 Å². The van der Waals surface area contributed by atoms with E-state index in [9.17, 15) is 4.79 Å². The fourth-order valence-corrected chi connectivity index (χ4v) is 1.80. The molecular formula is C9H11N5O2S. The molecule has 2 aromatic rings. The molecular weight excluding hydrogens is 242 g/mol. The topological polar surface area (TPSA) is 107 Å². The zero-order valence-corrected chi connectivity index (χ0v) is 9.95. The smallest absolute Gasteiger partial charge is 0.378 e. The Morgan fingerprint density at radius 1 is 1.59 bits per heavy atom. The molecule has 7 nitrogen and oxygen atoms in total. The molecule has 0 aromatic carbocycles. The highest BCUT2D eigenvalue weighted by atomic mass is 32.1. The highest BCUT2D eigenvalue weighted by molar-refractivity contribution is 7.13. The van der Waals surface area contributed by atoms with Crippen molar-refractivity contribution >= 4 is 22.4 Å². The maximum atomic E-state index is 11.3. The summed E-state index contributed by atoms with van der Waals surface area (Å²) in [5, 5.41) is 8.78. The fraction of sp³-hybridized carbons (Fsp3) is 0.333. The number of carbonyl (C=O) groups is 1. The number of esters is 1. The van der Waals surface area contributed by atoms with Gasteiger partial charge in [0.15, 0.2) is 5.13 Å². The SMILES string of the molecule is CCOC(=O)c1n[nH]c(Cc2csc(N)n2)n1. The summed E-state index contributed by atoms with van der Waals surface area (Å²) in [7, 11) is 0. The van der Waals surface area contributed by atoms with E-state index in [1.165, 1.54) is 11.3 Å². The van der Waals surface area contributed by atoms with Gasteiger partial charge in [0.2, 0.25) is 0 Å². The molecule has 0 aliphatic rings. The van der Waals surface area contributed by atoms with Crippen molar-refractivity contribution in [2.45, 2.75) is 13.3 Å². The van der Waals surface area contributed by atoms with Crippen LogP contribution >= 0.6 is 11.3 Å². The molecule has 2 rings (SSSR count). The number of thiazole rings is 1. The van der Waals surface area contributed by atoms with Crippen LogP contribution in [-0.2, 0) is 11.2 Å². The van der Waals surface area contributed by atoms with Gasteiger partial charge in [-0.2, -0.15) is 0 Å². The van der Waals surface area contributed by atoms with E-state index in [1.54, 1.807) is 6.92 Å². The number of nitrogens with two attached hydrogens (primary N) is 1. The number of hydrogen-bond acceptors (Lipinski definition) is 7. The molecule has 2 heterocycles. The Balaban J connectivity index is 2.06. The molecule has 3 N–H and O–H groups in total. The summed E-state index contributed by atoms with van der Waals surface area (Å²) in [6.07, 6.45) is 0.458. The second-order valence-electron chi connectivity index (χ2n) is 3.18. The van der Waals surface area contributed by atoms with Gasteiger partial charge in [0, 0.05) is 5.38 Å². The molecule has 0 bridgehead atoms. The standard InChI is InChI=1S/C9H11N5O2S/c1-2-16-8(15)7-12-6(13-14-7)3-5-4-17-9(10)11-5/h4H,2-3H2,1H3,(H2,10,11)(H,12,13,14). The minimum absolute atomic E-state index is 0.0325. The number of anilines is 1. The molecule has 0 unspecified atom stereocenters. The van der Waals surface area contributed by atoms with Gasteiger partial charge in [-0.3, -0.25) is 5.10 Å². The molecule has 0 atom stereocenters. The van der Waals surface area contributed by atoms with E-state index in [1.807, 2.05) is 5.38 Å². The van der Waals surface area contributed by atoms with Crippen LogP contribution < -0.4 is 5.73 Å². The first kappa shape index (κ1) is 11.5. The normalized spacial score (nSPS) is 10.4. The lowest BCUT2D eigenvalue weighted by Gasteiger charge is -1.94. The lowest BCUT2D eigenvalue weighted by Crippen LogP contribution is -2.06. The van der Waals surface area contributed by atoms with Crippen LogP contribution in [0, 0.1) is 0 Å². The molecule has 0 radical (unpaired) electrons. The Morgan fingerprint density at radius 3 is 3.06 bits per heavy atom. The van der Waals surface area contributed by atoms with Crippen molar-refractivity contribution in [1.29, 1.82) is 0 Å². The molecule has 90 valence electrons. The van der Waals surface area contributed by atoms with E-state index in [-0.39, 0.29) is 5.82 Å². The quantitative estimate of drug-likeness (QED) is 0.773. The summed E-state index contributed by atoms with van der Waals surface area (Å²) in [4.78, 5) is 19.4. The van der Waals surface area contributed by atoms with Gasteiger partial charge in [-0.1, -0.05) is 0 Å². The molecule has 0 fully saturated rings. The van der Waals surface area contributed by atoms with E-state index in [4.69, 9.17) is 10.5 Å². The summed E-state index contributed by atoms with van der Waals surface area (Å²) >= 11 is 1.36. The number of carbonyl (C=O) groups excluding carboxylic acids is 1. The number of nitrogens with zero attached hydrogens (tertiary/aromatic N) is 3. The Morgan fingerprint density at radius 2 is 2.41 bits per heavy atom. The minimum Gasteiger partial charge on any atom is -0.460 e. The number of H-pyrrole nitrogens is 1. The van der Waals surface area contributed by atoms with E-state index < -0.39 is 5.97 Å². The van der Waals surface area contributed by atoms with Gasteiger partial charge >= 0.3 is 5.97 Å². The molecule has 0 saturated carbocycles. The van der Waals surface area contributed by atoms with Gasteiger partial charge in [0.05, 0.1) is 18.7 Å². The summed E-state index contributed by atoms with van der Waals surface area (Å²) in [6, 6.07) is 0. The van der Waals surface area contributed by atoms with Crippen molar-refractivity contribution in [3.8, 4) is 0 Å². The average Bonchev–Trinajstić information content (AvgIpc) is 2.89. The van der Waals surface area contributed by atoms with Crippen LogP contribution in [0.2, 0.25) is 0 Å². The monoisotopic (exact) mass is 253 g/mol. The highest BCUT2D eigenvalue weighted by Gasteiger charge is 2.13. The first-order chi connectivity index (χ1) is 8.19. The van der Waals surface area contributed by atoms with E-state index in [0.29, 0.717) is 24.0 Å². The van der Waals surface area contributed by atoms with Crippen LogP contribution in [0.15, 0.2) is 5.38 Å². The van der Waals surface area contributed by atoms with Gasteiger partial charge in [0.1, 0.15) is 5.82 Å². The third-order valence-electron chi connectivity index (χ3n) is 1.91. The van der Waals surface area contributed by atoms with Crippen LogP contribution in [-0.4, -0.2) is 32.7 Å². The Labute approximate surface area is 101 Å². The van der Waals surface area contributed by atoms with E-state index in [2.05, 4.69) is 20.2 Å². The summed E-state index contributed by atoms with van der Waals surface area (Å²) in [5.41, 5.74) is 6.30. The maximum Gasteiger partial charge on any atom is 0.378 e. The zero-order valence-electron chi connectivity index (χ0n) is 9.14. The number of aromatic amines is 1.